The first-order chi connectivity index (χ1) is 8.83. The first kappa shape index (κ1) is 13.5. The van der Waals surface area contributed by atoms with Crippen molar-refractivity contribution >= 4 is 0 Å². The molecule has 3 heteroatoms. The molecule has 0 amide bonds. The highest BCUT2D eigenvalue weighted by molar-refractivity contribution is 5.15. The van der Waals surface area contributed by atoms with E-state index in [0.29, 0.717) is 18.6 Å². The molecule has 1 aliphatic rings. The van der Waals surface area contributed by atoms with Crippen molar-refractivity contribution in [3.63, 3.8) is 0 Å². The molecule has 1 saturated carbocycles. The number of nitrogens with two attached hydrogens (primary N) is 1. The molecule has 1 atom stereocenters. The topological polar surface area (TPSA) is 42.1 Å². The Labute approximate surface area is 110 Å². The summed E-state index contributed by atoms with van der Waals surface area (Å²) in [5.41, 5.74) is 7.28. The fourth-order valence-electron chi connectivity index (χ4n) is 3.04. The Kier molecular flexibility index (Phi) is 5.14. The third-order valence-electron chi connectivity index (χ3n) is 4.21. The third kappa shape index (κ3) is 3.30. The SMILES string of the molecule is CN(C1CCCCCC1)C(CN)c1ccncc1. The second-order valence-electron chi connectivity index (χ2n) is 5.34. The number of nitrogens with zero attached hydrogens (tertiary/aromatic N) is 2. The molecule has 2 N–H and O–H groups in total. The van der Waals surface area contributed by atoms with Crippen LogP contribution in [0.2, 0.25) is 0 Å². The van der Waals surface area contributed by atoms with Gasteiger partial charge in [0.1, 0.15) is 0 Å². The van der Waals surface area contributed by atoms with E-state index in [1.807, 2.05) is 12.4 Å². The van der Waals surface area contributed by atoms with Gasteiger partial charge in [-0.2, -0.15) is 0 Å². The normalized spacial score (nSPS) is 19.7. The van der Waals surface area contributed by atoms with Crippen molar-refractivity contribution in [1.82, 2.24) is 9.88 Å². The lowest BCUT2D eigenvalue weighted by Gasteiger charge is -2.34. The number of hydrogen-bond acceptors (Lipinski definition) is 3. The zero-order chi connectivity index (χ0) is 12.8. The number of pyridine rings is 1. The first-order valence-electron chi connectivity index (χ1n) is 7.15. The summed E-state index contributed by atoms with van der Waals surface area (Å²) in [5, 5.41) is 0. The minimum atomic E-state index is 0.330. The molecule has 1 aromatic rings. The smallest absolute Gasteiger partial charge is 0.0471 e. The van der Waals surface area contributed by atoms with Crippen LogP contribution in [0.15, 0.2) is 24.5 Å². The van der Waals surface area contributed by atoms with Crippen molar-refractivity contribution in [3.05, 3.63) is 30.1 Å². The highest BCUT2D eigenvalue weighted by atomic mass is 15.2. The van der Waals surface area contributed by atoms with Gasteiger partial charge in [0, 0.05) is 31.0 Å². The zero-order valence-electron chi connectivity index (χ0n) is 11.4. The predicted molar refractivity (Wildman–Crippen MR) is 75.3 cm³/mol. The van der Waals surface area contributed by atoms with Gasteiger partial charge in [0.25, 0.3) is 0 Å². The predicted octanol–water partition coefficient (Wildman–Crippen LogP) is 2.74. The third-order valence-corrected chi connectivity index (χ3v) is 4.21. The summed E-state index contributed by atoms with van der Waals surface area (Å²) < 4.78 is 0. The number of likely N-dealkylation sites (N-methyl/N-ethyl adjacent to an activating group) is 1. The van der Waals surface area contributed by atoms with Crippen molar-refractivity contribution < 1.29 is 0 Å². The Morgan fingerprint density at radius 3 is 2.39 bits per heavy atom. The van der Waals surface area contributed by atoms with E-state index in [1.54, 1.807) is 0 Å². The van der Waals surface area contributed by atoms with Gasteiger partial charge in [-0.15, -0.1) is 0 Å². The lowest BCUT2D eigenvalue weighted by molar-refractivity contribution is 0.161. The Morgan fingerprint density at radius 1 is 1.22 bits per heavy atom. The molecule has 18 heavy (non-hydrogen) atoms. The molecule has 1 aliphatic carbocycles. The van der Waals surface area contributed by atoms with Crippen molar-refractivity contribution in [2.45, 2.75) is 50.6 Å². The van der Waals surface area contributed by atoms with Gasteiger partial charge in [0.05, 0.1) is 0 Å². The second-order valence-corrected chi connectivity index (χ2v) is 5.34. The van der Waals surface area contributed by atoms with E-state index >= 15 is 0 Å². The molecule has 2 rings (SSSR count). The van der Waals surface area contributed by atoms with Gasteiger partial charge in [0.2, 0.25) is 0 Å². The van der Waals surface area contributed by atoms with Crippen LogP contribution in [-0.4, -0.2) is 29.5 Å². The van der Waals surface area contributed by atoms with E-state index < -0.39 is 0 Å². The van der Waals surface area contributed by atoms with Crippen LogP contribution in [0.5, 0.6) is 0 Å². The summed E-state index contributed by atoms with van der Waals surface area (Å²) in [7, 11) is 2.23. The lowest BCUT2D eigenvalue weighted by Crippen LogP contribution is -2.38. The van der Waals surface area contributed by atoms with Crippen molar-refractivity contribution in [3.8, 4) is 0 Å². The molecule has 1 fully saturated rings. The highest BCUT2D eigenvalue weighted by Crippen LogP contribution is 2.27. The van der Waals surface area contributed by atoms with Crippen LogP contribution in [0.1, 0.15) is 50.1 Å². The Hall–Kier alpha value is -0.930. The van der Waals surface area contributed by atoms with Gasteiger partial charge >= 0.3 is 0 Å². The highest BCUT2D eigenvalue weighted by Gasteiger charge is 2.23. The summed E-state index contributed by atoms with van der Waals surface area (Å²) in [4.78, 5) is 6.58. The van der Waals surface area contributed by atoms with E-state index in [4.69, 9.17) is 5.73 Å². The molecule has 0 aliphatic heterocycles. The summed E-state index contributed by atoms with van der Waals surface area (Å²) in [5.74, 6) is 0. The van der Waals surface area contributed by atoms with Crippen LogP contribution in [0.4, 0.5) is 0 Å². The summed E-state index contributed by atoms with van der Waals surface area (Å²) in [6.45, 7) is 0.678. The number of rotatable bonds is 4. The molecular formula is C15H25N3. The molecule has 100 valence electrons. The quantitative estimate of drug-likeness (QED) is 0.832. The van der Waals surface area contributed by atoms with Crippen molar-refractivity contribution in [1.29, 1.82) is 0 Å². The van der Waals surface area contributed by atoms with Crippen molar-refractivity contribution in [2.75, 3.05) is 13.6 Å². The monoisotopic (exact) mass is 247 g/mol. The van der Waals surface area contributed by atoms with E-state index in [2.05, 4.69) is 29.1 Å². The largest absolute Gasteiger partial charge is 0.329 e. The Balaban J connectivity index is 2.06. The van der Waals surface area contributed by atoms with Crippen LogP contribution >= 0.6 is 0 Å². The number of aromatic nitrogens is 1. The first-order valence-corrected chi connectivity index (χ1v) is 7.15. The molecule has 0 radical (unpaired) electrons. The van der Waals surface area contributed by atoms with Gasteiger partial charge in [-0.25, -0.2) is 0 Å². The maximum Gasteiger partial charge on any atom is 0.0471 e. The fraction of sp³-hybridized carbons (Fsp3) is 0.667. The molecule has 0 saturated heterocycles. The van der Waals surface area contributed by atoms with Crippen LogP contribution in [0.25, 0.3) is 0 Å². The molecule has 0 spiro atoms. The fourth-order valence-corrected chi connectivity index (χ4v) is 3.04. The molecule has 0 aromatic carbocycles. The molecule has 1 aromatic heterocycles. The summed E-state index contributed by atoms with van der Waals surface area (Å²) >= 11 is 0. The van der Waals surface area contributed by atoms with Gasteiger partial charge in [-0.3, -0.25) is 9.88 Å². The second kappa shape index (κ2) is 6.86. The zero-order valence-corrected chi connectivity index (χ0v) is 11.4. The molecule has 1 heterocycles. The van der Waals surface area contributed by atoms with Gasteiger partial charge < -0.3 is 5.73 Å². The van der Waals surface area contributed by atoms with Crippen molar-refractivity contribution in [2.24, 2.45) is 5.73 Å². The van der Waals surface area contributed by atoms with Crippen LogP contribution in [-0.2, 0) is 0 Å². The lowest BCUT2D eigenvalue weighted by atomic mass is 10.0. The van der Waals surface area contributed by atoms with E-state index in [9.17, 15) is 0 Å². The molecule has 3 nitrogen and oxygen atoms in total. The summed E-state index contributed by atoms with van der Waals surface area (Å²) in [6.07, 6.45) is 11.9. The summed E-state index contributed by atoms with van der Waals surface area (Å²) in [6, 6.07) is 5.19. The Morgan fingerprint density at radius 2 is 1.83 bits per heavy atom. The van der Waals surface area contributed by atoms with Gasteiger partial charge in [0.15, 0.2) is 0 Å². The van der Waals surface area contributed by atoms with E-state index in [1.165, 1.54) is 44.1 Å². The van der Waals surface area contributed by atoms with E-state index in [-0.39, 0.29) is 0 Å². The minimum absolute atomic E-state index is 0.330. The van der Waals surface area contributed by atoms with E-state index in [0.717, 1.165) is 0 Å². The molecular weight excluding hydrogens is 222 g/mol. The van der Waals surface area contributed by atoms with Crippen LogP contribution < -0.4 is 5.73 Å². The minimum Gasteiger partial charge on any atom is -0.329 e. The van der Waals surface area contributed by atoms with Crippen LogP contribution in [0, 0.1) is 0 Å². The average Bonchev–Trinajstić information content (AvgIpc) is 2.69. The molecule has 0 bridgehead atoms. The maximum atomic E-state index is 5.99. The number of hydrogen-bond donors (Lipinski definition) is 1. The average molecular weight is 247 g/mol. The molecule has 1 unspecified atom stereocenters. The standard InChI is InChI=1S/C15H25N3/c1-18(14-6-4-2-3-5-7-14)15(12-16)13-8-10-17-11-9-13/h8-11,14-15H,2-7,12,16H2,1H3. The maximum absolute atomic E-state index is 5.99. The van der Waals surface area contributed by atoms with Crippen LogP contribution in [0.3, 0.4) is 0 Å². The van der Waals surface area contributed by atoms with Gasteiger partial charge in [-0.1, -0.05) is 25.7 Å². The van der Waals surface area contributed by atoms with Gasteiger partial charge in [-0.05, 0) is 37.6 Å². The Bertz CT molecular complexity index is 331.